The Kier molecular flexibility index (Phi) is 5.98. The summed E-state index contributed by atoms with van der Waals surface area (Å²) in [6.07, 6.45) is 0.834. The van der Waals surface area contributed by atoms with Gasteiger partial charge in [-0.3, -0.25) is 0 Å². The maximum atomic E-state index is 11.9. The second-order valence-electron chi connectivity index (χ2n) is 5.05. The molecule has 7 nitrogen and oxygen atoms in total. The molecule has 0 bridgehead atoms. The van der Waals surface area contributed by atoms with Gasteiger partial charge in [-0.2, -0.15) is 0 Å². The summed E-state index contributed by atoms with van der Waals surface area (Å²) in [5, 5.41) is 21.1. The van der Waals surface area contributed by atoms with Gasteiger partial charge in [-0.1, -0.05) is 0 Å². The van der Waals surface area contributed by atoms with E-state index in [1.807, 2.05) is 19.0 Å². The number of carboxylic acid groups (broad SMARTS) is 1. The zero-order valence-electron chi connectivity index (χ0n) is 12.5. The molecule has 116 valence electrons. The zero-order valence-corrected chi connectivity index (χ0v) is 12.5. The Morgan fingerprint density at radius 1 is 1.19 bits per heavy atom. The molecule has 1 aromatic rings. The van der Waals surface area contributed by atoms with Crippen molar-refractivity contribution in [2.45, 2.75) is 6.42 Å². The molecule has 0 radical (unpaired) electrons. The second kappa shape index (κ2) is 7.49. The molecule has 0 saturated carbocycles. The number of nitrogens with zero attached hydrogens (tertiary/aromatic N) is 2. The SMILES string of the molecule is CN(C)CCCN(C)C(=O)Nc1ccc(C(=O)O)cc1O. The number of aromatic carboxylic acids is 1. The largest absolute Gasteiger partial charge is 0.506 e. The fourth-order valence-electron chi connectivity index (χ4n) is 1.71. The Labute approximate surface area is 123 Å². The van der Waals surface area contributed by atoms with E-state index in [9.17, 15) is 14.7 Å². The van der Waals surface area contributed by atoms with E-state index in [1.54, 1.807) is 7.05 Å². The maximum absolute atomic E-state index is 11.9. The van der Waals surface area contributed by atoms with Crippen LogP contribution in [-0.4, -0.2) is 66.2 Å². The number of aromatic hydroxyl groups is 1. The third-order valence-electron chi connectivity index (χ3n) is 2.93. The monoisotopic (exact) mass is 295 g/mol. The summed E-state index contributed by atoms with van der Waals surface area (Å²) >= 11 is 0. The van der Waals surface area contributed by atoms with Crippen LogP contribution in [0.2, 0.25) is 0 Å². The molecular formula is C14H21N3O4. The molecule has 0 aliphatic carbocycles. The molecule has 0 saturated heterocycles. The minimum absolute atomic E-state index is 0.0372. The number of rotatable bonds is 6. The van der Waals surface area contributed by atoms with E-state index in [4.69, 9.17) is 5.11 Å². The number of urea groups is 1. The quantitative estimate of drug-likeness (QED) is 0.692. The zero-order chi connectivity index (χ0) is 16.0. The number of carbonyl (C=O) groups excluding carboxylic acids is 1. The van der Waals surface area contributed by atoms with Crippen LogP contribution >= 0.6 is 0 Å². The van der Waals surface area contributed by atoms with Crippen molar-refractivity contribution in [3.05, 3.63) is 23.8 Å². The number of anilines is 1. The number of nitrogens with one attached hydrogen (secondary N) is 1. The van der Waals surface area contributed by atoms with Gasteiger partial charge >= 0.3 is 12.0 Å². The number of hydrogen-bond donors (Lipinski definition) is 3. The highest BCUT2D eigenvalue weighted by Crippen LogP contribution is 2.24. The molecule has 0 atom stereocenters. The predicted molar refractivity (Wildman–Crippen MR) is 79.9 cm³/mol. The van der Waals surface area contributed by atoms with Crippen LogP contribution in [0.15, 0.2) is 18.2 Å². The highest BCUT2D eigenvalue weighted by molar-refractivity contribution is 5.93. The van der Waals surface area contributed by atoms with Gasteiger partial charge in [0.1, 0.15) is 5.75 Å². The molecule has 21 heavy (non-hydrogen) atoms. The normalized spacial score (nSPS) is 10.5. The second-order valence-corrected chi connectivity index (χ2v) is 5.05. The van der Waals surface area contributed by atoms with Crippen LogP contribution < -0.4 is 5.32 Å². The molecule has 1 aromatic carbocycles. The molecule has 0 aliphatic heterocycles. The van der Waals surface area contributed by atoms with Crippen LogP contribution in [0.5, 0.6) is 5.75 Å². The summed E-state index contributed by atoms with van der Waals surface area (Å²) in [6, 6.07) is 3.44. The van der Waals surface area contributed by atoms with Gasteiger partial charge in [0.05, 0.1) is 11.3 Å². The first kappa shape index (κ1) is 16.8. The van der Waals surface area contributed by atoms with E-state index in [-0.39, 0.29) is 23.0 Å². The van der Waals surface area contributed by atoms with E-state index in [0.29, 0.717) is 6.54 Å². The molecule has 0 unspecified atom stereocenters. The van der Waals surface area contributed by atoms with Gasteiger partial charge < -0.3 is 25.3 Å². The number of phenolic OH excluding ortho intramolecular Hbond substituents is 1. The first-order valence-electron chi connectivity index (χ1n) is 6.54. The molecular weight excluding hydrogens is 274 g/mol. The maximum Gasteiger partial charge on any atom is 0.335 e. The standard InChI is InChI=1S/C14H21N3O4/c1-16(2)7-4-8-17(3)14(21)15-11-6-5-10(13(19)20)9-12(11)18/h5-6,9,18H,4,7-8H2,1-3H3,(H,15,21)(H,19,20). The van der Waals surface area contributed by atoms with Gasteiger partial charge in [0.2, 0.25) is 0 Å². The van der Waals surface area contributed by atoms with Gasteiger partial charge in [-0.25, -0.2) is 9.59 Å². The lowest BCUT2D eigenvalue weighted by atomic mass is 10.2. The van der Waals surface area contributed by atoms with Crippen molar-refractivity contribution in [3.63, 3.8) is 0 Å². The van der Waals surface area contributed by atoms with Gasteiger partial charge in [0, 0.05) is 13.6 Å². The molecule has 3 N–H and O–H groups in total. The highest BCUT2D eigenvalue weighted by atomic mass is 16.4. The molecule has 0 aromatic heterocycles. The van der Waals surface area contributed by atoms with Crippen LogP contribution in [0.25, 0.3) is 0 Å². The average molecular weight is 295 g/mol. The summed E-state index contributed by atoms with van der Waals surface area (Å²) in [4.78, 5) is 26.2. The summed E-state index contributed by atoms with van der Waals surface area (Å²) in [6.45, 7) is 1.45. The Morgan fingerprint density at radius 3 is 2.38 bits per heavy atom. The van der Waals surface area contributed by atoms with Crippen molar-refractivity contribution in [1.29, 1.82) is 0 Å². The van der Waals surface area contributed by atoms with Crippen molar-refractivity contribution in [1.82, 2.24) is 9.80 Å². The van der Waals surface area contributed by atoms with Crippen molar-refractivity contribution < 1.29 is 19.8 Å². The van der Waals surface area contributed by atoms with Gasteiger partial charge in [0.15, 0.2) is 0 Å². The van der Waals surface area contributed by atoms with Gasteiger partial charge in [0.25, 0.3) is 0 Å². The minimum atomic E-state index is -1.14. The Morgan fingerprint density at radius 2 is 1.86 bits per heavy atom. The third-order valence-corrected chi connectivity index (χ3v) is 2.93. The van der Waals surface area contributed by atoms with E-state index < -0.39 is 5.97 Å². The molecule has 1 rings (SSSR count). The molecule has 0 heterocycles. The molecule has 0 fully saturated rings. The number of amides is 2. The first-order chi connectivity index (χ1) is 9.81. The molecule has 2 amide bonds. The van der Waals surface area contributed by atoms with E-state index >= 15 is 0 Å². The average Bonchev–Trinajstić information content (AvgIpc) is 2.40. The van der Waals surface area contributed by atoms with E-state index in [2.05, 4.69) is 5.32 Å². The van der Waals surface area contributed by atoms with Crippen LogP contribution in [0.4, 0.5) is 10.5 Å². The van der Waals surface area contributed by atoms with E-state index in [1.165, 1.54) is 17.0 Å². The Hall–Kier alpha value is -2.28. The van der Waals surface area contributed by atoms with Crippen LogP contribution in [-0.2, 0) is 0 Å². The highest BCUT2D eigenvalue weighted by Gasteiger charge is 2.13. The smallest absolute Gasteiger partial charge is 0.335 e. The van der Waals surface area contributed by atoms with Crippen molar-refractivity contribution in [3.8, 4) is 5.75 Å². The molecule has 7 heteroatoms. The number of phenols is 1. The van der Waals surface area contributed by atoms with Crippen LogP contribution in [0.1, 0.15) is 16.8 Å². The van der Waals surface area contributed by atoms with Crippen molar-refractivity contribution >= 4 is 17.7 Å². The van der Waals surface area contributed by atoms with Crippen molar-refractivity contribution in [2.75, 3.05) is 39.5 Å². The summed E-state index contributed by atoms with van der Waals surface area (Å²) < 4.78 is 0. The van der Waals surface area contributed by atoms with Crippen molar-refractivity contribution in [2.24, 2.45) is 0 Å². The summed E-state index contributed by atoms with van der Waals surface area (Å²) in [5.74, 6) is -1.41. The van der Waals surface area contributed by atoms with Gasteiger partial charge in [-0.05, 0) is 45.3 Å². The van der Waals surface area contributed by atoms with Crippen LogP contribution in [0, 0.1) is 0 Å². The Balaban J connectivity index is 2.60. The molecule has 0 spiro atoms. The third kappa shape index (κ3) is 5.31. The lowest BCUT2D eigenvalue weighted by molar-refractivity contribution is 0.0696. The fourth-order valence-corrected chi connectivity index (χ4v) is 1.71. The number of hydrogen-bond acceptors (Lipinski definition) is 4. The first-order valence-corrected chi connectivity index (χ1v) is 6.54. The predicted octanol–water partition coefficient (Wildman–Crippen LogP) is 1.51. The fraction of sp³-hybridized carbons (Fsp3) is 0.429. The Bertz CT molecular complexity index is 517. The summed E-state index contributed by atoms with van der Waals surface area (Å²) in [5.41, 5.74) is 0.147. The minimum Gasteiger partial charge on any atom is -0.506 e. The van der Waals surface area contributed by atoms with E-state index in [0.717, 1.165) is 19.0 Å². The number of carbonyl (C=O) groups is 2. The van der Waals surface area contributed by atoms with Crippen LogP contribution in [0.3, 0.4) is 0 Å². The lowest BCUT2D eigenvalue weighted by Crippen LogP contribution is -2.33. The lowest BCUT2D eigenvalue weighted by Gasteiger charge is -2.19. The number of carboxylic acids is 1. The van der Waals surface area contributed by atoms with Gasteiger partial charge in [-0.15, -0.1) is 0 Å². The number of benzene rings is 1. The summed E-state index contributed by atoms with van der Waals surface area (Å²) in [7, 11) is 5.58. The molecule has 0 aliphatic rings. The topological polar surface area (TPSA) is 93.1 Å².